The van der Waals surface area contributed by atoms with Crippen molar-refractivity contribution in [3.05, 3.63) is 175 Å². The van der Waals surface area contributed by atoms with Crippen LogP contribution in [-0.2, 0) is 0 Å². The summed E-state index contributed by atoms with van der Waals surface area (Å²) in [5, 5.41) is 12.4. The first-order valence-electron chi connectivity index (χ1n) is 15.0. The van der Waals surface area contributed by atoms with Crippen molar-refractivity contribution in [2.75, 3.05) is 0 Å². The van der Waals surface area contributed by atoms with Gasteiger partial charge in [0.05, 0.1) is 0 Å². The Labute approximate surface area is 256 Å². The molecule has 0 aliphatic carbocycles. The second-order valence-corrected chi connectivity index (χ2v) is 11.2. The Balaban J connectivity index is 1.34. The average molecular weight is 567 g/mol. The minimum atomic E-state index is -0.279. The highest BCUT2D eigenvalue weighted by Gasteiger charge is 2.26. The van der Waals surface area contributed by atoms with E-state index in [0.29, 0.717) is 0 Å². The standard InChI is InChI=1S/C40H30N4/c1-3-12-27(13-4-1)38-42-39(28-14-5-2-6-15-28)44-40(43-38)33-23-31(30-17-11-21-41-26-30)22-32(24-33)37-25-29-16-7-8-18-34(29)35-19-9-10-20-36(35)37/h1-26,38,40,43H,(H,42,44). The molecule has 8 rings (SSSR count). The minimum Gasteiger partial charge on any atom is -0.350 e. The summed E-state index contributed by atoms with van der Waals surface area (Å²) < 4.78 is 0. The lowest BCUT2D eigenvalue weighted by Gasteiger charge is -2.32. The zero-order valence-electron chi connectivity index (χ0n) is 24.1. The molecule has 0 spiro atoms. The van der Waals surface area contributed by atoms with Crippen LogP contribution in [0.2, 0.25) is 0 Å². The van der Waals surface area contributed by atoms with Gasteiger partial charge in [0, 0.05) is 23.5 Å². The summed E-state index contributed by atoms with van der Waals surface area (Å²) >= 11 is 0. The van der Waals surface area contributed by atoms with Crippen molar-refractivity contribution in [2.45, 2.75) is 12.3 Å². The Morgan fingerprint density at radius 2 is 1.18 bits per heavy atom. The van der Waals surface area contributed by atoms with Crippen molar-refractivity contribution in [3.8, 4) is 22.3 Å². The summed E-state index contributed by atoms with van der Waals surface area (Å²) in [6, 6.07) is 51.5. The summed E-state index contributed by atoms with van der Waals surface area (Å²) in [6.07, 6.45) is 3.36. The Kier molecular flexibility index (Phi) is 6.67. The molecule has 2 heterocycles. The van der Waals surface area contributed by atoms with E-state index in [9.17, 15) is 0 Å². The van der Waals surface area contributed by atoms with Crippen molar-refractivity contribution in [3.63, 3.8) is 0 Å². The molecule has 6 aromatic carbocycles. The highest BCUT2D eigenvalue weighted by molar-refractivity contribution is 6.14. The summed E-state index contributed by atoms with van der Waals surface area (Å²) in [4.78, 5) is 9.71. The molecular weight excluding hydrogens is 536 g/mol. The molecule has 0 saturated carbocycles. The fourth-order valence-electron chi connectivity index (χ4n) is 6.25. The Morgan fingerprint density at radius 3 is 1.98 bits per heavy atom. The molecule has 7 aromatic rings. The van der Waals surface area contributed by atoms with E-state index in [1.165, 1.54) is 27.1 Å². The molecule has 0 amide bonds. The number of hydrogen-bond donors (Lipinski definition) is 2. The number of aliphatic imine (C=N–C) groups is 1. The molecule has 1 aliphatic rings. The third-order valence-corrected chi connectivity index (χ3v) is 8.39. The molecule has 1 aliphatic heterocycles. The predicted molar refractivity (Wildman–Crippen MR) is 181 cm³/mol. The van der Waals surface area contributed by atoms with Crippen LogP contribution in [0.3, 0.4) is 0 Å². The van der Waals surface area contributed by atoms with Crippen LogP contribution in [0.5, 0.6) is 0 Å². The van der Waals surface area contributed by atoms with Crippen LogP contribution in [0.4, 0.5) is 0 Å². The first kappa shape index (κ1) is 26.1. The Hall–Kier alpha value is -5.58. The first-order chi connectivity index (χ1) is 21.8. The predicted octanol–water partition coefficient (Wildman–Crippen LogP) is 9.06. The molecule has 1 aromatic heterocycles. The number of benzene rings is 6. The SMILES string of the molecule is c1ccc(C2=NC(c3cc(-c4cccnc4)cc(-c4cc5ccccc5c5ccccc45)c3)NC(c3ccccc3)N2)cc1. The molecule has 0 bridgehead atoms. The number of pyridine rings is 1. The van der Waals surface area contributed by atoms with E-state index in [1.54, 1.807) is 0 Å². The van der Waals surface area contributed by atoms with Crippen LogP contribution in [0.25, 0.3) is 43.8 Å². The van der Waals surface area contributed by atoms with E-state index >= 15 is 0 Å². The molecule has 44 heavy (non-hydrogen) atoms. The second-order valence-electron chi connectivity index (χ2n) is 11.2. The first-order valence-corrected chi connectivity index (χ1v) is 15.0. The van der Waals surface area contributed by atoms with E-state index < -0.39 is 0 Å². The van der Waals surface area contributed by atoms with Crippen LogP contribution < -0.4 is 10.6 Å². The zero-order chi connectivity index (χ0) is 29.3. The number of rotatable bonds is 5. The van der Waals surface area contributed by atoms with E-state index in [-0.39, 0.29) is 12.3 Å². The van der Waals surface area contributed by atoms with Crippen molar-refractivity contribution >= 4 is 27.4 Å². The van der Waals surface area contributed by atoms with Crippen LogP contribution in [-0.4, -0.2) is 10.8 Å². The number of fused-ring (bicyclic) bond motifs is 3. The van der Waals surface area contributed by atoms with Gasteiger partial charge in [0.1, 0.15) is 18.2 Å². The second kappa shape index (κ2) is 11.3. The maximum absolute atomic E-state index is 5.26. The summed E-state index contributed by atoms with van der Waals surface area (Å²) in [7, 11) is 0. The van der Waals surface area contributed by atoms with E-state index in [1.807, 2.05) is 30.6 Å². The molecule has 2 unspecified atom stereocenters. The molecule has 0 saturated heterocycles. The van der Waals surface area contributed by atoms with Gasteiger partial charge in [-0.2, -0.15) is 0 Å². The van der Waals surface area contributed by atoms with Crippen molar-refractivity contribution in [1.29, 1.82) is 0 Å². The van der Waals surface area contributed by atoms with Crippen LogP contribution in [0.1, 0.15) is 29.0 Å². The fraction of sp³-hybridized carbons (Fsp3) is 0.0500. The lowest BCUT2D eigenvalue weighted by Crippen LogP contribution is -2.44. The van der Waals surface area contributed by atoms with Gasteiger partial charge >= 0.3 is 0 Å². The number of amidine groups is 1. The molecule has 210 valence electrons. The third-order valence-electron chi connectivity index (χ3n) is 8.39. The number of nitrogens with zero attached hydrogens (tertiary/aromatic N) is 2. The van der Waals surface area contributed by atoms with Gasteiger partial charge in [0.15, 0.2) is 0 Å². The summed E-state index contributed by atoms with van der Waals surface area (Å²) in [5.74, 6) is 0.868. The molecule has 2 N–H and O–H groups in total. The number of hydrogen-bond acceptors (Lipinski definition) is 4. The molecular formula is C40H30N4. The van der Waals surface area contributed by atoms with Gasteiger partial charge in [-0.15, -0.1) is 0 Å². The lowest BCUT2D eigenvalue weighted by atomic mass is 9.90. The van der Waals surface area contributed by atoms with Crippen LogP contribution in [0, 0.1) is 0 Å². The molecule has 2 atom stereocenters. The monoisotopic (exact) mass is 566 g/mol. The van der Waals surface area contributed by atoms with Crippen molar-refractivity contribution < 1.29 is 0 Å². The quantitative estimate of drug-likeness (QED) is 0.204. The van der Waals surface area contributed by atoms with E-state index in [0.717, 1.165) is 39.2 Å². The molecule has 0 radical (unpaired) electrons. The average Bonchev–Trinajstić information content (AvgIpc) is 3.12. The molecule has 4 heteroatoms. The highest BCUT2D eigenvalue weighted by atomic mass is 15.3. The largest absolute Gasteiger partial charge is 0.350 e. The Morgan fingerprint density at radius 1 is 0.500 bits per heavy atom. The smallest absolute Gasteiger partial charge is 0.131 e. The summed E-state index contributed by atoms with van der Waals surface area (Å²) in [6.45, 7) is 0. The lowest BCUT2D eigenvalue weighted by molar-refractivity contribution is 0.409. The van der Waals surface area contributed by atoms with Crippen LogP contribution >= 0.6 is 0 Å². The van der Waals surface area contributed by atoms with Crippen molar-refractivity contribution in [1.82, 2.24) is 15.6 Å². The van der Waals surface area contributed by atoms with Gasteiger partial charge in [0.25, 0.3) is 0 Å². The minimum absolute atomic E-state index is 0.110. The van der Waals surface area contributed by atoms with Gasteiger partial charge in [-0.1, -0.05) is 115 Å². The van der Waals surface area contributed by atoms with Gasteiger partial charge in [-0.05, 0) is 79.7 Å². The van der Waals surface area contributed by atoms with Gasteiger partial charge in [0.2, 0.25) is 0 Å². The van der Waals surface area contributed by atoms with E-state index in [4.69, 9.17) is 4.99 Å². The Bertz CT molecular complexity index is 2120. The van der Waals surface area contributed by atoms with E-state index in [2.05, 4.69) is 143 Å². The molecule has 0 fully saturated rings. The highest BCUT2D eigenvalue weighted by Crippen LogP contribution is 2.38. The zero-order valence-corrected chi connectivity index (χ0v) is 24.1. The van der Waals surface area contributed by atoms with Gasteiger partial charge in [-0.25, -0.2) is 4.99 Å². The maximum Gasteiger partial charge on any atom is 0.131 e. The van der Waals surface area contributed by atoms with Crippen molar-refractivity contribution in [2.24, 2.45) is 4.99 Å². The van der Waals surface area contributed by atoms with Gasteiger partial charge < -0.3 is 5.32 Å². The van der Waals surface area contributed by atoms with Crippen LogP contribution in [0.15, 0.2) is 163 Å². The topological polar surface area (TPSA) is 49.3 Å². The maximum atomic E-state index is 5.26. The summed E-state index contributed by atoms with van der Waals surface area (Å²) in [5.41, 5.74) is 7.84. The normalized spacial score (nSPS) is 16.4. The molecule has 4 nitrogen and oxygen atoms in total. The third kappa shape index (κ3) is 4.91. The van der Waals surface area contributed by atoms with Gasteiger partial charge in [-0.3, -0.25) is 10.3 Å². The number of aromatic nitrogens is 1. The number of nitrogens with one attached hydrogen (secondary N) is 2. The fourth-order valence-corrected chi connectivity index (χ4v) is 6.25.